The third-order valence-electron chi connectivity index (χ3n) is 3.07. The average molecular weight is 354 g/mol. The van der Waals surface area contributed by atoms with Gasteiger partial charge in [-0.05, 0) is 36.8 Å². The Kier molecular flexibility index (Phi) is 4.19. The molecule has 0 N–H and O–H groups in total. The van der Waals surface area contributed by atoms with Crippen molar-refractivity contribution < 1.29 is 22.4 Å². The Bertz CT molecular complexity index is 878. The molecule has 2 aromatic carbocycles. The molecule has 4 nitrogen and oxygen atoms in total. The highest BCUT2D eigenvalue weighted by atomic mass is 35.5. The maximum atomic E-state index is 12.5. The summed E-state index contributed by atoms with van der Waals surface area (Å²) in [5.41, 5.74) is 1.15. The van der Waals surface area contributed by atoms with Crippen LogP contribution in [0.3, 0.4) is 0 Å². The van der Waals surface area contributed by atoms with Gasteiger partial charge < -0.3 is 9.26 Å². The van der Waals surface area contributed by atoms with Gasteiger partial charge in [0.1, 0.15) is 11.5 Å². The maximum absolute atomic E-state index is 12.5. The lowest BCUT2D eigenvalue weighted by molar-refractivity contribution is -0.159. The minimum absolute atomic E-state index is 0.191. The highest BCUT2D eigenvalue weighted by Gasteiger charge is 2.38. The Morgan fingerprint density at radius 1 is 1.21 bits per heavy atom. The van der Waals surface area contributed by atoms with E-state index in [1.54, 1.807) is 18.2 Å². The van der Waals surface area contributed by atoms with E-state index in [4.69, 9.17) is 16.3 Å². The van der Waals surface area contributed by atoms with Gasteiger partial charge in [-0.1, -0.05) is 28.9 Å². The van der Waals surface area contributed by atoms with Crippen molar-refractivity contribution in [1.29, 1.82) is 0 Å². The van der Waals surface area contributed by atoms with Gasteiger partial charge in [0.25, 0.3) is 0 Å². The molecule has 0 aliphatic rings. The largest absolute Gasteiger partial charge is 0.471 e. The number of benzene rings is 2. The fourth-order valence-electron chi connectivity index (χ4n) is 1.90. The summed E-state index contributed by atoms with van der Waals surface area (Å²) >= 11 is 5.93. The molecule has 1 radical (unpaired) electrons. The van der Waals surface area contributed by atoms with Crippen LogP contribution in [0.15, 0.2) is 40.9 Å². The molecule has 3 aromatic rings. The van der Waals surface area contributed by atoms with E-state index in [9.17, 15) is 13.2 Å². The van der Waals surface area contributed by atoms with Gasteiger partial charge in [-0.3, -0.25) is 0 Å². The number of hydrogen-bond acceptors (Lipinski definition) is 4. The molecule has 0 saturated carbocycles. The maximum Gasteiger partial charge on any atom is 0.471 e. The zero-order valence-corrected chi connectivity index (χ0v) is 12.9. The van der Waals surface area contributed by atoms with Gasteiger partial charge in [0.2, 0.25) is 5.82 Å². The molecule has 24 heavy (non-hydrogen) atoms. The first-order valence-corrected chi connectivity index (χ1v) is 7.08. The first-order chi connectivity index (χ1) is 11.3. The van der Waals surface area contributed by atoms with Crippen molar-refractivity contribution in [3.8, 4) is 22.9 Å². The lowest BCUT2D eigenvalue weighted by atomic mass is 10.2. The monoisotopic (exact) mass is 353 g/mol. The topological polar surface area (TPSA) is 48.2 Å². The van der Waals surface area contributed by atoms with E-state index in [1.807, 2.05) is 6.92 Å². The Balaban J connectivity index is 1.89. The van der Waals surface area contributed by atoms with Crippen LogP contribution < -0.4 is 4.74 Å². The van der Waals surface area contributed by atoms with Gasteiger partial charge >= 0.3 is 12.1 Å². The molecule has 0 spiro atoms. The van der Waals surface area contributed by atoms with Crippen LogP contribution in [0, 0.1) is 13.0 Å². The van der Waals surface area contributed by atoms with Crippen LogP contribution in [0.1, 0.15) is 11.5 Å². The van der Waals surface area contributed by atoms with Gasteiger partial charge in [-0.2, -0.15) is 18.2 Å². The molecule has 0 bridgehead atoms. The number of aromatic nitrogens is 2. The molecule has 0 fully saturated rings. The fraction of sp³-hybridized carbons (Fsp3) is 0.125. The Hall–Kier alpha value is -2.54. The summed E-state index contributed by atoms with van der Waals surface area (Å²) in [6.07, 6.45) is -4.69. The van der Waals surface area contributed by atoms with Crippen molar-refractivity contribution in [3.05, 3.63) is 58.9 Å². The van der Waals surface area contributed by atoms with Crippen molar-refractivity contribution in [2.75, 3.05) is 0 Å². The lowest BCUT2D eigenvalue weighted by Crippen LogP contribution is -2.04. The molecular formula is C16H9ClF3N2O2. The first kappa shape index (κ1) is 16.3. The van der Waals surface area contributed by atoms with Crippen LogP contribution in [0.4, 0.5) is 13.2 Å². The van der Waals surface area contributed by atoms with Gasteiger partial charge in [0.15, 0.2) is 0 Å². The molecule has 1 heterocycles. The van der Waals surface area contributed by atoms with Crippen molar-refractivity contribution in [3.63, 3.8) is 0 Å². The molecule has 123 valence electrons. The van der Waals surface area contributed by atoms with E-state index < -0.39 is 12.1 Å². The second-order valence-electron chi connectivity index (χ2n) is 4.87. The first-order valence-electron chi connectivity index (χ1n) is 6.70. The number of aryl methyl sites for hydroxylation is 1. The number of hydrogen-bond donors (Lipinski definition) is 0. The van der Waals surface area contributed by atoms with Crippen molar-refractivity contribution in [2.45, 2.75) is 13.1 Å². The van der Waals surface area contributed by atoms with Crippen LogP contribution in [0.5, 0.6) is 11.5 Å². The van der Waals surface area contributed by atoms with E-state index in [1.165, 1.54) is 18.2 Å². The number of alkyl halides is 3. The minimum atomic E-state index is -4.69. The Labute approximate surface area is 139 Å². The molecule has 0 aliphatic heterocycles. The van der Waals surface area contributed by atoms with E-state index in [0.717, 1.165) is 5.56 Å². The van der Waals surface area contributed by atoms with E-state index in [0.29, 0.717) is 16.3 Å². The van der Waals surface area contributed by atoms with E-state index >= 15 is 0 Å². The predicted molar refractivity (Wildman–Crippen MR) is 79.8 cm³/mol. The molecular weight excluding hydrogens is 345 g/mol. The zero-order valence-electron chi connectivity index (χ0n) is 12.2. The molecule has 0 atom stereocenters. The number of halogens is 4. The van der Waals surface area contributed by atoms with E-state index in [2.05, 4.69) is 20.7 Å². The fourth-order valence-corrected chi connectivity index (χ4v) is 2.06. The second-order valence-corrected chi connectivity index (χ2v) is 5.31. The van der Waals surface area contributed by atoms with Crippen LogP contribution in [0.25, 0.3) is 11.4 Å². The molecule has 0 unspecified atom stereocenters. The Morgan fingerprint density at radius 3 is 2.71 bits per heavy atom. The summed E-state index contributed by atoms with van der Waals surface area (Å²) in [6.45, 7) is 1.84. The van der Waals surface area contributed by atoms with E-state index in [-0.39, 0.29) is 11.6 Å². The standard InChI is InChI=1S/C16H9ClF3N2O2/c1-9-5-6-11(17)8-13(9)23-12-4-2-3-10(7-12)14-21-15(24-22-14)16(18,19)20/h2-3,5-8H,1H3. The lowest BCUT2D eigenvalue weighted by Gasteiger charge is -2.09. The zero-order chi connectivity index (χ0) is 17.3. The average Bonchev–Trinajstić information content (AvgIpc) is 3.01. The number of nitrogens with zero attached hydrogens (tertiary/aromatic N) is 2. The van der Waals surface area contributed by atoms with Gasteiger partial charge in [0.05, 0.1) is 0 Å². The highest BCUT2D eigenvalue weighted by molar-refractivity contribution is 6.30. The summed E-state index contributed by atoms with van der Waals surface area (Å²) in [5.74, 6) is -0.793. The Morgan fingerprint density at radius 2 is 2.00 bits per heavy atom. The third-order valence-corrected chi connectivity index (χ3v) is 3.31. The summed E-state index contributed by atoms with van der Waals surface area (Å²) in [6, 6.07) is 12.4. The van der Waals surface area contributed by atoms with Gasteiger partial charge in [-0.15, -0.1) is 0 Å². The number of ether oxygens (including phenoxy) is 1. The molecule has 8 heteroatoms. The predicted octanol–water partition coefficient (Wildman–Crippen LogP) is 5.31. The molecule has 0 aliphatic carbocycles. The highest BCUT2D eigenvalue weighted by Crippen LogP contribution is 2.32. The summed E-state index contributed by atoms with van der Waals surface area (Å²) in [7, 11) is 0. The molecule has 1 aromatic heterocycles. The summed E-state index contributed by atoms with van der Waals surface area (Å²) in [4.78, 5) is 3.34. The molecule has 3 rings (SSSR count). The van der Waals surface area contributed by atoms with Crippen LogP contribution in [0.2, 0.25) is 5.02 Å². The smallest absolute Gasteiger partial charge is 0.456 e. The van der Waals surface area contributed by atoms with Gasteiger partial charge in [0, 0.05) is 16.7 Å². The molecule has 0 amide bonds. The molecule has 0 saturated heterocycles. The van der Waals surface area contributed by atoms with Crippen LogP contribution in [-0.4, -0.2) is 10.1 Å². The minimum Gasteiger partial charge on any atom is -0.456 e. The van der Waals surface area contributed by atoms with Crippen molar-refractivity contribution >= 4 is 11.6 Å². The van der Waals surface area contributed by atoms with Crippen LogP contribution in [-0.2, 0) is 6.18 Å². The summed E-state index contributed by atoms with van der Waals surface area (Å²) < 4.78 is 47.5. The van der Waals surface area contributed by atoms with Crippen molar-refractivity contribution in [2.24, 2.45) is 0 Å². The van der Waals surface area contributed by atoms with Crippen LogP contribution >= 0.6 is 11.6 Å². The second kappa shape index (κ2) is 6.16. The SMILES string of the molecule is Cc1ccc(Cl)cc1Oc1[c]ccc(-c2noc(C(F)(F)F)n2)c1. The quantitative estimate of drug-likeness (QED) is 0.640. The van der Waals surface area contributed by atoms with Crippen molar-refractivity contribution in [1.82, 2.24) is 10.1 Å². The third kappa shape index (κ3) is 3.51. The van der Waals surface area contributed by atoms with Gasteiger partial charge in [-0.25, -0.2) is 0 Å². The summed E-state index contributed by atoms with van der Waals surface area (Å²) in [5, 5.41) is 3.84. The normalized spacial score (nSPS) is 11.5. The number of rotatable bonds is 3.